The van der Waals surface area contributed by atoms with Crippen LogP contribution in [0.5, 0.6) is 5.75 Å². The lowest BCUT2D eigenvalue weighted by molar-refractivity contribution is -0.161. The van der Waals surface area contributed by atoms with Gasteiger partial charge in [-0.15, -0.1) is 0 Å². The highest BCUT2D eigenvalue weighted by Gasteiger charge is 2.45. The molecule has 0 aromatic heterocycles. The number of urea groups is 1. The molecule has 67 heavy (non-hydrogen) atoms. The van der Waals surface area contributed by atoms with Crippen LogP contribution < -0.4 is 21.3 Å². The van der Waals surface area contributed by atoms with Gasteiger partial charge in [-0.25, -0.2) is 4.79 Å². The summed E-state index contributed by atoms with van der Waals surface area (Å²) >= 11 is 1.89. The van der Waals surface area contributed by atoms with Gasteiger partial charge in [-0.3, -0.25) is 28.9 Å². The first-order chi connectivity index (χ1) is 32.6. The number of phenols is 1. The minimum atomic E-state index is -0.576. The summed E-state index contributed by atoms with van der Waals surface area (Å²) in [7, 11) is 0. The molecule has 7 atom stereocenters. The molecule has 364 valence electrons. The second-order valence-corrected chi connectivity index (χ2v) is 21.2. The first kappa shape index (κ1) is 48.6. The number of carbonyl (C=O) groups is 6. The fourth-order valence-electron chi connectivity index (χ4n) is 11.6. The molecule has 5 heterocycles. The minimum absolute atomic E-state index is 0.0125. The van der Waals surface area contributed by atoms with E-state index in [9.17, 15) is 33.9 Å². The Morgan fingerprint density at radius 1 is 0.791 bits per heavy atom. The van der Waals surface area contributed by atoms with Crippen molar-refractivity contribution in [2.24, 2.45) is 5.92 Å². The molecule has 0 bridgehead atoms. The molecule has 6 fully saturated rings. The van der Waals surface area contributed by atoms with Crippen LogP contribution in [0.25, 0.3) is 0 Å². The number of benzene rings is 2. The number of nitrogens with one attached hydrogen (secondary N) is 4. The van der Waals surface area contributed by atoms with E-state index >= 15 is 0 Å². The van der Waals surface area contributed by atoms with E-state index in [4.69, 9.17) is 0 Å². The number of amides is 7. The van der Waals surface area contributed by atoms with E-state index in [1.165, 1.54) is 19.3 Å². The van der Waals surface area contributed by atoms with Crippen LogP contribution in [0.4, 0.5) is 4.79 Å². The molecular weight excluding hydrogens is 869 g/mol. The van der Waals surface area contributed by atoms with Crippen molar-refractivity contribution in [2.75, 3.05) is 51.6 Å². The maximum atomic E-state index is 14.4. The van der Waals surface area contributed by atoms with E-state index in [-0.39, 0.29) is 53.9 Å². The number of hydrogen-bond donors (Lipinski definition) is 5. The number of likely N-dealkylation sites (tertiary alicyclic amines) is 1. The number of aromatic hydroxyl groups is 1. The molecule has 1 aliphatic carbocycles. The van der Waals surface area contributed by atoms with Gasteiger partial charge in [0.1, 0.15) is 5.75 Å². The fraction of sp³-hybridized carbons (Fsp3) is 0.647. The largest absolute Gasteiger partial charge is 0.508 e. The Morgan fingerprint density at radius 3 is 2.39 bits per heavy atom. The number of hydrogen-bond acceptors (Lipinski definition) is 9. The van der Waals surface area contributed by atoms with Gasteiger partial charge in [-0.05, 0) is 99.9 Å². The summed E-state index contributed by atoms with van der Waals surface area (Å²) < 4.78 is 0. The lowest BCUT2D eigenvalue weighted by Gasteiger charge is -2.46. The van der Waals surface area contributed by atoms with Crippen molar-refractivity contribution in [3.05, 3.63) is 65.7 Å². The molecule has 6 aliphatic rings. The van der Waals surface area contributed by atoms with Crippen molar-refractivity contribution in [1.29, 1.82) is 0 Å². The fourth-order valence-corrected chi connectivity index (χ4v) is 13.2. The Hall–Kier alpha value is -4.83. The van der Waals surface area contributed by atoms with Crippen molar-refractivity contribution < 1.29 is 33.9 Å². The second-order valence-electron chi connectivity index (χ2n) is 19.9. The topological polar surface area (TPSA) is 184 Å². The summed E-state index contributed by atoms with van der Waals surface area (Å²) in [5.41, 5.74) is 2.10. The molecule has 0 unspecified atom stereocenters. The maximum Gasteiger partial charge on any atom is 0.315 e. The summed E-state index contributed by atoms with van der Waals surface area (Å²) in [5, 5.41) is 22.3. The first-order valence-corrected chi connectivity index (χ1v) is 26.4. The van der Waals surface area contributed by atoms with Crippen LogP contribution in [-0.4, -0.2) is 153 Å². The predicted molar refractivity (Wildman–Crippen MR) is 258 cm³/mol. The number of thioether (sulfide) groups is 1. The molecule has 2 aromatic carbocycles. The van der Waals surface area contributed by atoms with E-state index in [0.29, 0.717) is 76.1 Å². The molecule has 16 heteroatoms. The molecule has 0 radical (unpaired) electrons. The second kappa shape index (κ2) is 23.5. The molecule has 0 spiro atoms. The normalized spacial score (nSPS) is 26.4. The Morgan fingerprint density at radius 2 is 1.58 bits per heavy atom. The van der Waals surface area contributed by atoms with E-state index in [2.05, 4.69) is 26.2 Å². The molecular formula is C51H72N8O7S. The molecule has 5 aliphatic heterocycles. The summed E-state index contributed by atoms with van der Waals surface area (Å²) in [4.78, 5) is 87.4. The number of fused-ring (bicyclic) bond motifs is 1. The number of nitrogens with zero attached hydrogens (tertiary/aromatic N) is 4. The zero-order chi connectivity index (χ0) is 46.7. The Bertz CT molecular complexity index is 2020. The highest BCUT2D eigenvalue weighted by atomic mass is 32.2. The van der Waals surface area contributed by atoms with Gasteiger partial charge in [0.05, 0.1) is 18.1 Å². The number of piperazine rings is 2. The molecule has 5 N–H and O–H groups in total. The van der Waals surface area contributed by atoms with Crippen LogP contribution in [0.3, 0.4) is 0 Å². The van der Waals surface area contributed by atoms with Crippen LogP contribution in [0.2, 0.25) is 0 Å². The quantitative estimate of drug-likeness (QED) is 0.0651. The monoisotopic (exact) mass is 941 g/mol. The van der Waals surface area contributed by atoms with Gasteiger partial charge in [0.15, 0.2) is 0 Å². The molecule has 7 amide bonds. The highest BCUT2D eigenvalue weighted by molar-refractivity contribution is 8.00. The summed E-state index contributed by atoms with van der Waals surface area (Å²) in [5.74, 6) is -0.364. The summed E-state index contributed by atoms with van der Waals surface area (Å²) in [6, 6.07) is 16.9. The number of rotatable bonds is 22. The molecule has 2 aromatic rings. The van der Waals surface area contributed by atoms with Crippen LogP contribution >= 0.6 is 11.8 Å². The first-order valence-electron chi connectivity index (χ1n) is 25.3. The summed E-state index contributed by atoms with van der Waals surface area (Å²) in [6.07, 6.45) is 15.1. The molecule has 1 saturated carbocycles. The standard InChI is InChI=1S/C51H72N8O7S/c60-42-22-20-37(21-23-42)29-41-33-59(50(65)49(64)57(41)27-24-35-12-3-1-4-13-35)40(28-36-14-5-2-6-15-36)31-56-26-11-17-39(56)32-58-38(30-53-47(62)48(58)63)16-9-10-25-52-45(61)19-8-7-18-44-46-43(34-67-44)54-51(66)55-46/h1,3-4,12-13,20-23,36,38-41,43-44,46,60H,2,5-11,14-19,24-34H2,(H,52,61)(H,53,62)(H2,54,55,66)/t38-,39-,40+,41-,43-,44-,46-/m0/s1. The van der Waals surface area contributed by atoms with Gasteiger partial charge in [0, 0.05) is 74.8 Å². The molecule has 5 saturated heterocycles. The average molecular weight is 941 g/mol. The lowest BCUT2D eigenvalue weighted by atomic mass is 9.84. The third-order valence-corrected chi connectivity index (χ3v) is 16.8. The lowest BCUT2D eigenvalue weighted by Crippen LogP contribution is -2.64. The van der Waals surface area contributed by atoms with Crippen molar-refractivity contribution >= 4 is 47.3 Å². The van der Waals surface area contributed by atoms with Gasteiger partial charge in [-0.2, -0.15) is 11.8 Å². The number of phenolic OH excluding ortho intramolecular Hbond substituents is 1. The zero-order valence-corrected chi connectivity index (χ0v) is 39.9. The molecule has 15 nitrogen and oxygen atoms in total. The Kier molecular flexibility index (Phi) is 17.0. The highest BCUT2D eigenvalue weighted by Crippen LogP contribution is 2.34. The number of carbonyl (C=O) groups excluding carboxylic acids is 6. The van der Waals surface area contributed by atoms with Crippen molar-refractivity contribution in [3.8, 4) is 5.75 Å². The van der Waals surface area contributed by atoms with E-state index in [0.717, 1.165) is 87.6 Å². The van der Waals surface area contributed by atoms with Gasteiger partial charge in [0.25, 0.3) is 0 Å². The minimum Gasteiger partial charge on any atom is -0.508 e. The maximum absolute atomic E-state index is 14.4. The van der Waals surface area contributed by atoms with E-state index in [1.54, 1.807) is 21.9 Å². The summed E-state index contributed by atoms with van der Waals surface area (Å²) in [6.45, 7) is 3.65. The van der Waals surface area contributed by atoms with Crippen molar-refractivity contribution in [3.63, 3.8) is 0 Å². The Labute approximate surface area is 400 Å². The average Bonchev–Trinajstić information content (AvgIpc) is 4.05. The Balaban J connectivity index is 0.869. The predicted octanol–water partition coefficient (Wildman–Crippen LogP) is 4.36. The van der Waals surface area contributed by atoms with Gasteiger partial charge in [-0.1, -0.05) is 81.0 Å². The third kappa shape index (κ3) is 12.8. The van der Waals surface area contributed by atoms with Gasteiger partial charge < -0.3 is 41.1 Å². The number of unbranched alkanes of at least 4 members (excludes halogenated alkanes) is 2. The van der Waals surface area contributed by atoms with Crippen LogP contribution in [0.15, 0.2) is 54.6 Å². The van der Waals surface area contributed by atoms with E-state index < -0.39 is 23.6 Å². The van der Waals surface area contributed by atoms with Crippen molar-refractivity contribution in [1.82, 2.24) is 40.9 Å². The van der Waals surface area contributed by atoms with Crippen LogP contribution in [0.1, 0.15) is 107 Å². The van der Waals surface area contributed by atoms with Crippen LogP contribution in [-0.2, 0) is 36.8 Å². The van der Waals surface area contributed by atoms with Crippen LogP contribution in [0, 0.1) is 5.92 Å². The SMILES string of the molecule is O=C(CCCC[C@@H]1SC[C@@H]2NC(=O)N[C@@H]21)NCCCC[C@H]1CNC(=O)C(=O)N1C[C@@H]1CCCN1C[C@@H](CC1CCCCC1)N1C[C@H](Cc2ccc(O)cc2)N(CCc2ccccc2)C(=O)C1=O. The van der Waals surface area contributed by atoms with Gasteiger partial charge >= 0.3 is 29.7 Å². The van der Waals surface area contributed by atoms with Gasteiger partial charge in [0.2, 0.25) is 5.91 Å². The zero-order valence-electron chi connectivity index (χ0n) is 39.1. The third-order valence-electron chi connectivity index (χ3n) is 15.3. The van der Waals surface area contributed by atoms with Crippen molar-refractivity contribution in [2.45, 2.75) is 151 Å². The van der Waals surface area contributed by atoms with E-state index in [1.807, 2.05) is 59.1 Å². The smallest absolute Gasteiger partial charge is 0.315 e. The molecule has 8 rings (SSSR count).